The first-order valence-electron chi connectivity index (χ1n) is 6.84. The third-order valence-electron chi connectivity index (χ3n) is 3.61. The lowest BCUT2D eigenvalue weighted by molar-refractivity contribution is 0.317. The van der Waals surface area contributed by atoms with Crippen molar-refractivity contribution in [3.8, 4) is 5.75 Å². The molecule has 0 amide bonds. The SMILES string of the molecule is CCCOc1cc(N)cc(N(C)CC2CC2C)c1. The quantitative estimate of drug-likeness (QED) is 0.786. The van der Waals surface area contributed by atoms with Crippen LogP contribution in [0.2, 0.25) is 0 Å². The predicted octanol–water partition coefficient (Wildman–Crippen LogP) is 3.15. The van der Waals surface area contributed by atoms with E-state index in [0.717, 1.165) is 48.5 Å². The molecule has 1 aliphatic rings. The van der Waals surface area contributed by atoms with Crippen LogP contribution in [0.4, 0.5) is 11.4 Å². The Kier molecular flexibility index (Phi) is 4.00. The maximum Gasteiger partial charge on any atom is 0.123 e. The van der Waals surface area contributed by atoms with E-state index in [2.05, 4.69) is 31.9 Å². The average Bonchev–Trinajstić information content (AvgIpc) is 3.01. The first-order chi connectivity index (χ1) is 8.60. The minimum Gasteiger partial charge on any atom is -0.493 e. The van der Waals surface area contributed by atoms with E-state index in [1.165, 1.54) is 6.42 Å². The average molecular weight is 248 g/mol. The van der Waals surface area contributed by atoms with Gasteiger partial charge in [0.15, 0.2) is 0 Å². The molecule has 1 saturated carbocycles. The van der Waals surface area contributed by atoms with E-state index in [1.54, 1.807) is 0 Å². The highest BCUT2D eigenvalue weighted by molar-refractivity contribution is 5.60. The van der Waals surface area contributed by atoms with Crippen molar-refractivity contribution in [2.75, 3.05) is 30.8 Å². The summed E-state index contributed by atoms with van der Waals surface area (Å²) in [5.41, 5.74) is 7.86. The van der Waals surface area contributed by atoms with E-state index in [4.69, 9.17) is 10.5 Å². The van der Waals surface area contributed by atoms with Crippen LogP contribution in [-0.2, 0) is 0 Å². The first kappa shape index (κ1) is 13.1. The van der Waals surface area contributed by atoms with Crippen molar-refractivity contribution in [2.24, 2.45) is 11.8 Å². The minimum absolute atomic E-state index is 0.742. The third-order valence-corrected chi connectivity index (χ3v) is 3.61. The van der Waals surface area contributed by atoms with Crippen molar-refractivity contribution >= 4 is 11.4 Å². The Morgan fingerprint density at radius 1 is 1.39 bits per heavy atom. The molecule has 0 aromatic heterocycles. The molecule has 3 nitrogen and oxygen atoms in total. The molecule has 0 bridgehead atoms. The Hall–Kier alpha value is -1.38. The Balaban J connectivity index is 2.03. The Morgan fingerprint density at radius 2 is 2.11 bits per heavy atom. The number of benzene rings is 1. The molecular weight excluding hydrogens is 224 g/mol. The number of hydrogen-bond acceptors (Lipinski definition) is 3. The standard InChI is InChI=1S/C15H24N2O/c1-4-5-18-15-8-13(16)7-14(9-15)17(3)10-12-6-11(12)2/h7-9,11-12H,4-6,10,16H2,1-3H3. The summed E-state index contributed by atoms with van der Waals surface area (Å²) in [7, 11) is 2.13. The summed E-state index contributed by atoms with van der Waals surface area (Å²) in [6.07, 6.45) is 2.37. The molecule has 0 saturated heterocycles. The molecule has 2 atom stereocenters. The van der Waals surface area contributed by atoms with Gasteiger partial charge in [-0.15, -0.1) is 0 Å². The van der Waals surface area contributed by atoms with Gasteiger partial charge in [0.2, 0.25) is 0 Å². The summed E-state index contributed by atoms with van der Waals surface area (Å²) in [6, 6.07) is 6.00. The topological polar surface area (TPSA) is 38.5 Å². The fraction of sp³-hybridized carbons (Fsp3) is 0.600. The second-order valence-corrected chi connectivity index (χ2v) is 5.46. The molecule has 0 aliphatic heterocycles. The van der Waals surface area contributed by atoms with Crippen LogP contribution in [0.5, 0.6) is 5.75 Å². The van der Waals surface area contributed by atoms with Crippen molar-refractivity contribution in [1.29, 1.82) is 0 Å². The van der Waals surface area contributed by atoms with Crippen LogP contribution in [0.3, 0.4) is 0 Å². The van der Waals surface area contributed by atoms with Crippen LogP contribution in [0, 0.1) is 11.8 Å². The Bertz CT molecular complexity index is 405. The first-order valence-corrected chi connectivity index (χ1v) is 6.84. The third kappa shape index (κ3) is 3.31. The summed E-state index contributed by atoms with van der Waals surface area (Å²) in [5.74, 6) is 2.60. The van der Waals surface area contributed by atoms with Gasteiger partial charge in [0.25, 0.3) is 0 Å². The van der Waals surface area contributed by atoms with Gasteiger partial charge in [-0.05, 0) is 30.7 Å². The molecule has 0 radical (unpaired) electrons. The van der Waals surface area contributed by atoms with Gasteiger partial charge in [0.1, 0.15) is 5.75 Å². The summed E-state index contributed by atoms with van der Waals surface area (Å²) < 4.78 is 5.66. The van der Waals surface area contributed by atoms with Crippen molar-refractivity contribution < 1.29 is 4.74 Å². The minimum atomic E-state index is 0.742. The molecule has 3 heteroatoms. The molecule has 0 spiro atoms. The highest BCUT2D eigenvalue weighted by Crippen LogP contribution is 2.39. The van der Waals surface area contributed by atoms with E-state index >= 15 is 0 Å². The summed E-state index contributed by atoms with van der Waals surface area (Å²) in [4.78, 5) is 2.28. The second kappa shape index (κ2) is 5.51. The summed E-state index contributed by atoms with van der Waals surface area (Å²) in [5, 5.41) is 0. The van der Waals surface area contributed by atoms with Crippen molar-refractivity contribution in [3.63, 3.8) is 0 Å². The highest BCUT2D eigenvalue weighted by atomic mass is 16.5. The Morgan fingerprint density at radius 3 is 2.72 bits per heavy atom. The van der Waals surface area contributed by atoms with Crippen molar-refractivity contribution in [2.45, 2.75) is 26.7 Å². The lowest BCUT2D eigenvalue weighted by atomic mass is 10.2. The molecule has 1 aromatic rings. The maximum absolute atomic E-state index is 5.94. The monoisotopic (exact) mass is 248 g/mol. The summed E-state index contributed by atoms with van der Waals surface area (Å²) >= 11 is 0. The van der Waals surface area contributed by atoms with E-state index in [0.29, 0.717) is 0 Å². The molecule has 0 heterocycles. The number of nitrogens with zero attached hydrogens (tertiary/aromatic N) is 1. The highest BCUT2D eigenvalue weighted by Gasteiger charge is 2.33. The van der Waals surface area contributed by atoms with Crippen molar-refractivity contribution in [1.82, 2.24) is 0 Å². The second-order valence-electron chi connectivity index (χ2n) is 5.46. The fourth-order valence-electron chi connectivity index (χ4n) is 2.24. The largest absolute Gasteiger partial charge is 0.493 e. The van der Waals surface area contributed by atoms with Crippen LogP contribution in [0.1, 0.15) is 26.7 Å². The van der Waals surface area contributed by atoms with Gasteiger partial charge in [0, 0.05) is 37.1 Å². The van der Waals surface area contributed by atoms with Gasteiger partial charge >= 0.3 is 0 Å². The van der Waals surface area contributed by atoms with Gasteiger partial charge in [-0.1, -0.05) is 13.8 Å². The van der Waals surface area contributed by atoms with Gasteiger partial charge in [-0.25, -0.2) is 0 Å². The van der Waals surface area contributed by atoms with E-state index in [1.807, 2.05) is 12.1 Å². The van der Waals surface area contributed by atoms with Gasteiger partial charge in [-0.2, -0.15) is 0 Å². The molecule has 1 aliphatic carbocycles. The predicted molar refractivity (Wildman–Crippen MR) is 77.2 cm³/mol. The smallest absolute Gasteiger partial charge is 0.123 e. The number of rotatable bonds is 6. The molecule has 1 fully saturated rings. The van der Waals surface area contributed by atoms with Crippen LogP contribution in [0.15, 0.2) is 18.2 Å². The zero-order chi connectivity index (χ0) is 13.1. The molecule has 18 heavy (non-hydrogen) atoms. The maximum atomic E-state index is 5.94. The number of nitrogens with two attached hydrogens (primary N) is 1. The molecule has 100 valence electrons. The van der Waals surface area contributed by atoms with Crippen LogP contribution < -0.4 is 15.4 Å². The van der Waals surface area contributed by atoms with Gasteiger partial charge in [0.05, 0.1) is 6.61 Å². The number of nitrogen functional groups attached to an aromatic ring is 1. The van der Waals surface area contributed by atoms with Crippen LogP contribution in [0.25, 0.3) is 0 Å². The normalized spacial score (nSPS) is 21.7. The number of anilines is 2. The van der Waals surface area contributed by atoms with E-state index in [-0.39, 0.29) is 0 Å². The van der Waals surface area contributed by atoms with E-state index in [9.17, 15) is 0 Å². The lowest BCUT2D eigenvalue weighted by Crippen LogP contribution is -2.20. The van der Waals surface area contributed by atoms with Gasteiger partial charge in [-0.3, -0.25) is 0 Å². The Labute approximate surface area is 110 Å². The van der Waals surface area contributed by atoms with Crippen LogP contribution in [-0.4, -0.2) is 20.2 Å². The van der Waals surface area contributed by atoms with Gasteiger partial charge < -0.3 is 15.4 Å². The fourth-order valence-corrected chi connectivity index (χ4v) is 2.24. The number of hydrogen-bond donors (Lipinski definition) is 1. The van der Waals surface area contributed by atoms with Crippen LogP contribution >= 0.6 is 0 Å². The molecule has 1 aromatic carbocycles. The van der Waals surface area contributed by atoms with E-state index < -0.39 is 0 Å². The number of ether oxygens (including phenoxy) is 1. The molecule has 2 unspecified atom stereocenters. The zero-order valence-corrected chi connectivity index (χ0v) is 11.6. The molecular formula is C15H24N2O. The zero-order valence-electron chi connectivity index (χ0n) is 11.6. The van der Waals surface area contributed by atoms with Crippen molar-refractivity contribution in [3.05, 3.63) is 18.2 Å². The summed E-state index contributed by atoms with van der Waals surface area (Å²) in [6.45, 7) is 6.27. The molecule has 2 rings (SSSR count). The molecule has 2 N–H and O–H groups in total. The lowest BCUT2D eigenvalue weighted by Gasteiger charge is -2.20.